The maximum Gasteiger partial charge on any atom is 0.125 e. The fourth-order valence-electron chi connectivity index (χ4n) is 1.16. The Morgan fingerprint density at radius 1 is 1.43 bits per heavy atom. The molecule has 1 aromatic carbocycles. The minimum atomic E-state index is 0.485. The van der Waals surface area contributed by atoms with Gasteiger partial charge in [0.05, 0.1) is 6.61 Å². The molecule has 0 unspecified atom stereocenters. The van der Waals surface area contributed by atoms with E-state index < -0.39 is 0 Å². The number of benzene rings is 1. The molecule has 0 aliphatic heterocycles. The van der Waals surface area contributed by atoms with Crippen LogP contribution >= 0.6 is 11.6 Å². The van der Waals surface area contributed by atoms with Crippen LogP contribution in [0.5, 0.6) is 5.75 Å². The normalized spacial score (nSPS) is 10.2. The number of nitrogens with two attached hydrogens (primary N) is 1. The first-order chi connectivity index (χ1) is 6.77. The highest BCUT2D eigenvalue weighted by molar-refractivity contribution is 6.30. The molecule has 0 bridgehead atoms. The summed E-state index contributed by atoms with van der Waals surface area (Å²) in [6.45, 7) is 3.34. The molecular weight excluding hydrogens is 198 g/mol. The van der Waals surface area contributed by atoms with Crippen LogP contribution in [0.3, 0.4) is 0 Å². The first-order valence-electron chi connectivity index (χ1n) is 4.89. The molecule has 2 N–H and O–H groups in total. The van der Waals surface area contributed by atoms with E-state index in [-0.39, 0.29) is 0 Å². The Morgan fingerprint density at radius 2 is 2.21 bits per heavy atom. The van der Waals surface area contributed by atoms with Gasteiger partial charge in [-0.1, -0.05) is 31.0 Å². The van der Waals surface area contributed by atoms with E-state index >= 15 is 0 Å². The second kappa shape index (κ2) is 5.89. The van der Waals surface area contributed by atoms with E-state index in [0.717, 1.165) is 30.8 Å². The van der Waals surface area contributed by atoms with Crippen molar-refractivity contribution in [3.8, 4) is 5.75 Å². The Kier molecular flexibility index (Phi) is 4.77. The van der Waals surface area contributed by atoms with Gasteiger partial charge in [-0.3, -0.25) is 0 Å². The van der Waals surface area contributed by atoms with Crippen LogP contribution in [0, 0.1) is 0 Å². The SMILES string of the molecule is CCCCOc1cc(Cl)ccc1CN. The number of ether oxygens (including phenoxy) is 1. The zero-order valence-electron chi connectivity index (χ0n) is 8.42. The Labute approximate surface area is 90.0 Å². The highest BCUT2D eigenvalue weighted by Gasteiger charge is 2.02. The molecule has 0 saturated carbocycles. The smallest absolute Gasteiger partial charge is 0.125 e. The lowest BCUT2D eigenvalue weighted by molar-refractivity contribution is 0.306. The van der Waals surface area contributed by atoms with Crippen LogP contribution in [0.4, 0.5) is 0 Å². The molecule has 0 aliphatic carbocycles. The summed E-state index contributed by atoms with van der Waals surface area (Å²) >= 11 is 5.87. The molecule has 0 spiro atoms. The minimum absolute atomic E-state index is 0.485. The largest absolute Gasteiger partial charge is 0.493 e. The molecule has 78 valence electrons. The zero-order chi connectivity index (χ0) is 10.4. The second-order valence-corrected chi connectivity index (χ2v) is 3.59. The van der Waals surface area contributed by atoms with Crippen molar-refractivity contribution < 1.29 is 4.74 Å². The Hall–Kier alpha value is -0.730. The van der Waals surface area contributed by atoms with Gasteiger partial charge in [0.2, 0.25) is 0 Å². The molecule has 0 aliphatic rings. The fourth-order valence-corrected chi connectivity index (χ4v) is 1.32. The fraction of sp³-hybridized carbons (Fsp3) is 0.455. The van der Waals surface area contributed by atoms with E-state index in [0.29, 0.717) is 11.6 Å². The van der Waals surface area contributed by atoms with E-state index in [4.69, 9.17) is 22.1 Å². The summed E-state index contributed by atoms with van der Waals surface area (Å²) in [5.41, 5.74) is 6.59. The van der Waals surface area contributed by atoms with Gasteiger partial charge in [-0.15, -0.1) is 0 Å². The first-order valence-corrected chi connectivity index (χ1v) is 5.27. The van der Waals surface area contributed by atoms with Crippen LogP contribution in [-0.4, -0.2) is 6.61 Å². The molecule has 0 amide bonds. The van der Waals surface area contributed by atoms with Crippen LogP contribution in [0.25, 0.3) is 0 Å². The number of hydrogen-bond donors (Lipinski definition) is 1. The van der Waals surface area contributed by atoms with Crippen molar-refractivity contribution in [3.05, 3.63) is 28.8 Å². The lowest BCUT2D eigenvalue weighted by Gasteiger charge is -2.10. The summed E-state index contributed by atoms with van der Waals surface area (Å²) in [4.78, 5) is 0. The third-order valence-electron chi connectivity index (χ3n) is 2.00. The molecule has 0 saturated heterocycles. The van der Waals surface area contributed by atoms with Gasteiger partial charge in [0.25, 0.3) is 0 Å². The highest BCUT2D eigenvalue weighted by atomic mass is 35.5. The number of unbranched alkanes of at least 4 members (excludes halogenated alkanes) is 1. The monoisotopic (exact) mass is 213 g/mol. The summed E-state index contributed by atoms with van der Waals surface area (Å²) in [6, 6.07) is 5.56. The van der Waals surface area contributed by atoms with E-state index in [2.05, 4.69) is 6.92 Å². The molecule has 0 fully saturated rings. The number of rotatable bonds is 5. The molecule has 3 heteroatoms. The van der Waals surface area contributed by atoms with Crippen molar-refractivity contribution in [1.82, 2.24) is 0 Å². The standard InChI is InChI=1S/C11H16ClNO/c1-2-3-6-14-11-7-10(12)5-4-9(11)8-13/h4-5,7H,2-3,6,8,13H2,1H3. The van der Waals surface area contributed by atoms with Gasteiger partial charge in [-0.2, -0.15) is 0 Å². The van der Waals surface area contributed by atoms with Crippen molar-refractivity contribution in [2.45, 2.75) is 26.3 Å². The number of halogens is 1. The van der Waals surface area contributed by atoms with E-state index in [1.807, 2.05) is 18.2 Å². The van der Waals surface area contributed by atoms with E-state index in [9.17, 15) is 0 Å². The summed E-state index contributed by atoms with van der Waals surface area (Å²) in [7, 11) is 0. The summed E-state index contributed by atoms with van der Waals surface area (Å²) < 4.78 is 5.58. The minimum Gasteiger partial charge on any atom is -0.493 e. The van der Waals surface area contributed by atoms with Gasteiger partial charge in [-0.25, -0.2) is 0 Å². The van der Waals surface area contributed by atoms with Gasteiger partial charge in [0, 0.05) is 17.1 Å². The van der Waals surface area contributed by atoms with Gasteiger partial charge in [0.1, 0.15) is 5.75 Å². The van der Waals surface area contributed by atoms with Gasteiger partial charge in [0.15, 0.2) is 0 Å². The topological polar surface area (TPSA) is 35.2 Å². The number of hydrogen-bond acceptors (Lipinski definition) is 2. The molecule has 0 radical (unpaired) electrons. The van der Waals surface area contributed by atoms with Gasteiger partial charge in [-0.05, 0) is 18.6 Å². The molecule has 2 nitrogen and oxygen atoms in total. The molecule has 0 aromatic heterocycles. The molecule has 14 heavy (non-hydrogen) atoms. The van der Waals surface area contributed by atoms with Crippen LogP contribution in [0.2, 0.25) is 5.02 Å². The summed E-state index contributed by atoms with van der Waals surface area (Å²) in [5.74, 6) is 0.813. The Balaban J connectivity index is 2.67. The molecular formula is C11H16ClNO. The van der Waals surface area contributed by atoms with Crippen molar-refractivity contribution >= 4 is 11.6 Å². The Bertz CT molecular complexity index is 289. The maximum atomic E-state index is 5.87. The Morgan fingerprint density at radius 3 is 2.86 bits per heavy atom. The van der Waals surface area contributed by atoms with Gasteiger partial charge >= 0.3 is 0 Å². The molecule has 1 rings (SSSR count). The highest BCUT2D eigenvalue weighted by Crippen LogP contribution is 2.23. The third kappa shape index (κ3) is 3.20. The quantitative estimate of drug-likeness (QED) is 0.764. The van der Waals surface area contributed by atoms with Crippen LogP contribution < -0.4 is 10.5 Å². The van der Waals surface area contributed by atoms with Crippen LogP contribution in [0.15, 0.2) is 18.2 Å². The van der Waals surface area contributed by atoms with Crippen molar-refractivity contribution in [2.75, 3.05) is 6.61 Å². The van der Waals surface area contributed by atoms with Crippen molar-refractivity contribution in [3.63, 3.8) is 0 Å². The van der Waals surface area contributed by atoms with Gasteiger partial charge < -0.3 is 10.5 Å². The maximum absolute atomic E-state index is 5.87. The van der Waals surface area contributed by atoms with Crippen molar-refractivity contribution in [1.29, 1.82) is 0 Å². The molecule has 0 atom stereocenters. The lowest BCUT2D eigenvalue weighted by Crippen LogP contribution is -2.03. The van der Waals surface area contributed by atoms with Crippen molar-refractivity contribution in [2.24, 2.45) is 5.73 Å². The summed E-state index contributed by atoms with van der Waals surface area (Å²) in [6.07, 6.45) is 2.18. The summed E-state index contributed by atoms with van der Waals surface area (Å²) in [5, 5.41) is 0.689. The zero-order valence-corrected chi connectivity index (χ0v) is 9.18. The van der Waals surface area contributed by atoms with Crippen LogP contribution in [-0.2, 0) is 6.54 Å². The molecule has 1 aromatic rings. The predicted octanol–water partition coefficient (Wildman–Crippen LogP) is 2.98. The van der Waals surface area contributed by atoms with E-state index in [1.165, 1.54) is 0 Å². The second-order valence-electron chi connectivity index (χ2n) is 3.16. The molecule has 0 heterocycles. The predicted molar refractivity (Wildman–Crippen MR) is 59.7 cm³/mol. The van der Waals surface area contributed by atoms with Crippen LogP contribution in [0.1, 0.15) is 25.3 Å². The average molecular weight is 214 g/mol. The van der Waals surface area contributed by atoms with E-state index in [1.54, 1.807) is 0 Å². The lowest BCUT2D eigenvalue weighted by atomic mass is 10.2. The first kappa shape index (κ1) is 11.3. The third-order valence-corrected chi connectivity index (χ3v) is 2.24. The average Bonchev–Trinajstić information content (AvgIpc) is 2.19.